The van der Waals surface area contributed by atoms with Crippen molar-refractivity contribution in [3.05, 3.63) is 77.9 Å². The minimum atomic E-state index is -0.177. The Bertz CT molecular complexity index is 1410. The summed E-state index contributed by atoms with van der Waals surface area (Å²) < 4.78 is 22.2. The average molecular weight is 516 g/mol. The van der Waals surface area contributed by atoms with Crippen molar-refractivity contribution in [2.45, 2.75) is 20.3 Å². The molecule has 0 bridgehead atoms. The number of carbonyl (C=O) groups excluding carboxylic acids is 1. The second-order valence-corrected chi connectivity index (χ2v) is 8.42. The predicted molar refractivity (Wildman–Crippen MR) is 149 cm³/mol. The number of aromatic nitrogens is 1. The molecule has 1 heterocycles. The Labute approximate surface area is 222 Å². The number of methoxy groups -OCH3 is 2. The normalized spacial score (nSPS) is 10.6. The third-order valence-electron chi connectivity index (χ3n) is 5.94. The van der Waals surface area contributed by atoms with Crippen LogP contribution in [0.1, 0.15) is 29.8 Å². The highest BCUT2D eigenvalue weighted by Crippen LogP contribution is 2.32. The second kappa shape index (κ2) is 12.7. The summed E-state index contributed by atoms with van der Waals surface area (Å²) in [6.45, 7) is 5.46. The van der Waals surface area contributed by atoms with Crippen LogP contribution in [-0.2, 0) is 6.42 Å². The predicted octanol–water partition coefficient (Wildman–Crippen LogP) is 5.77. The summed E-state index contributed by atoms with van der Waals surface area (Å²) in [6.07, 6.45) is 0.648. The number of hydrogen-bond acceptors (Lipinski definition) is 7. The van der Waals surface area contributed by atoms with Gasteiger partial charge in [0.05, 0.1) is 44.2 Å². The van der Waals surface area contributed by atoms with Crippen LogP contribution in [0.15, 0.2) is 66.7 Å². The number of anilines is 2. The van der Waals surface area contributed by atoms with Crippen LogP contribution in [0.4, 0.5) is 11.5 Å². The summed E-state index contributed by atoms with van der Waals surface area (Å²) in [6, 6.07) is 20.7. The third-order valence-corrected chi connectivity index (χ3v) is 5.94. The number of ether oxygens (including phenoxy) is 4. The van der Waals surface area contributed by atoms with Gasteiger partial charge in [0.2, 0.25) is 0 Å². The third kappa shape index (κ3) is 6.26. The van der Waals surface area contributed by atoms with E-state index in [2.05, 4.69) is 10.6 Å². The molecule has 38 heavy (non-hydrogen) atoms. The van der Waals surface area contributed by atoms with Gasteiger partial charge in [0.25, 0.3) is 5.91 Å². The van der Waals surface area contributed by atoms with E-state index in [1.807, 2.05) is 68.4 Å². The van der Waals surface area contributed by atoms with Crippen molar-refractivity contribution in [3.63, 3.8) is 0 Å². The standard InChI is InChI=1S/C30H33N3O5/c1-5-37-26-14-11-20(17-28(26)38-6-2)15-16-31-30(34)23-19-29(32-24-10-8-7-9-22(23)24)33-25-13-12-21(35-3)18-27(25)36-4/h7-14,17-19H,5-6,15-16H2,1-4H3,(H,31,34)(H,32,33). The van der Waals surface area contributed by atoms with E-state index in [9.17, 15) is 4.79 Å². The fraction of sp³-hybridized carbons (Fsp3) is 0.267. The highest BCUT2D eigenvalue weighted by atomic mass is 16.5. The summed E-state index contributed by atoms with van der Waals surface area (Å²) in [4.78, 5) is 18.0. The van der Waals surface area contributed by atoms with Crippen molar-refractivity contribution < 1.29 is 23.7 Å². The molecule has 0 saturated carbocycles. The number of hydrogen-bond donors (Lipinski definition) is 2. The maximum absolute atomic E-state index is 13.3. The van der Waals surface area contributed by atoms with Crippen LogP contribution in [0.3, 0.4) is 0 Å². The molecule has 4 aromatic rings. The Balaban J connectivity index is 1.52. The van der Waals surface area contributed by atoms with Gasteiger partial charge >= 0.3 is 0 Å². The number of pyridine rings is 1. The molecule has 0 fully saturated rings. The lowest BCUT2D eigenvalue weighted by molar-refractivity contribution is 0.0955. The van der Waals surface area contributed by atoms with E-state index >= 15 is 0 Å². The molecule has 8 heteroatoms. The molecular weight excluding hydrogens is 482 g/mol. The number of rotatable bonds is 12. The van der Waals surface area contributed by atoms with E-state index in [1.54, 1.807) is 26.4 Å². The number of fused-ring (bicyclic) bond motifs is 1. The SMILES string of the molecule is CCOc1ccc(CCNC(=O)c2cc(Nc3ccc(OC)cc3OC)nc3ccccc23)cc1OCC. The van der Waals surface area contributed by atoms with E-state index in [4.69, 9.17) is 23.9 Å². The van der Waals surface area contributed by atoms with Crippen LogP contribution in [0.25, 0.3) is 10.9 Å². The van der Waals surface area contributed by atoms with Gasteiger partial charge in [-0.1, -0.05) is 24.3 Å². The summed E-state index contributed by atoms with van der Waals surface area (Å²) in [7, 11) is 3.19. The largest absolute Gasteiger partial charge is 0.497 e. The molecule has 0 aliphatic carbocycles. The zero-order chi connectivity index (χ0) is 26.9. The quantitative estimate of drug-likeness (QED) is 0.248. The number of nitrogens with zero attached hydrogens (tertiary/aromatic N) is 1. The molecule has 0 radical (unpaired) electrons. The molecule has 3 aromatic carbocycles. The first kappa shape index (κ1) is 26.6. The Hall–Kier alpha value is -4.46. The Kier molecular flexibility index (Phi) is 8.87. The van der Waals surface area contributed by atoms with Gasteiger partial charge in [0.1, 0.15) is 17.3 Å². The lowest BCUT2D eigenvalue weighted by atomic mass is 10.1. The van der Waals surface area contributed by atoms with Crippen molar-refractivity contribution in [2.75, 3.05) is 39.3 Å². The van der Waals surface area contributed by atoms with Gasteiger partial charge in [-0.05, 0) is 62.2 Å². The van der Waals surface area contributed by atoms with Crippen LogP contribution in [0, 0.1) is 0 Å². The summed E-state index contributed by atoms with van der Waals surface area (Å²) >= 11 is 0. The minimum absolute atomic E-state index is 0.177. The van der Waals surface area contributed by atoms with Gasteiger partial charge in [0, 0.05) is 18.0 Å². The second-order valence-electron chi connectivity index (χ2n) is 8.42. The zero-order valence-corrected chi connectivity index (χ0v) is 22.2. The van der Waals surface area contributed by atoms with Gasteiger partial charge < -0.3 is 29.6 Å². The Morgan fingerprint density at radius 2 is 1.63 bits per heavy atom. The topological polar surface area (TPSA) is 90.9 Å². The van der Waals surface area contributed by atoms with Crippen molar-refractivity contribution >= 4 is 28.3 Å². The molecule has 1 amide bonds. The number of nitrogens with one attached hydrogen (secondary N) is 2. The van der Waals surface area contributed by atoms with Crippen molar-refractivity contribution in [1.29, 1.82) is 0 Å². The van der Waals surface area contributed by atoms with E-state index in [-0.39, 0.29) is 5.91 Å². The van der Waals surface area contributed by atoms with Crippen LogP contribution in [0.5, 0.6) is 23.0 Å². The van der Waals surface area contributed by atoms with E-state index in [0.29, 0.717) is 66.0 Å². The molecule has 0 aliphatic rings. The first-order valence-corrected chi connectivity index (χ1v) is 12.6. The fourth-order valence-corrected chi connectivity index (χ4v) is 4.13. The summed E-state index contributed by atoms with van der Waals surface area (Å²) in [5.74, 6) is 3.07. The Morgan fingerprint density at radius 3 is 2.39 bits per heavy atom. The van der Waals surface area contributed by atoms with E-state index in [0.717, 1.165) is 16.7 Å². The molecule has 0 saturated heterocycles. The first-order valence-electron chi connectivity index (χ1n) is 12.6. The molecule has 198 valence electrons. The molecule has 0 unspecified atom stereocenters. The van der Waals surface area contributed by atoms with Gasteiger partial charge in [-0.15, -0.1) is 0 Å². The summed E-state index contributed by atoms with van der Waals surface area (Å²) in [5, 5.41) is 7.11. The molecule has 1 aromatic heterocycles. The van der Waals surface area contributed by atoms with Crippen LogP contribution >= 0.6 is 0 Å². The van der Waals surface area contributed by atoms with Gasteiger partial charge in [0.15, 0.2) is 11.5 Å². The lowest BCUT2D eigenvalue weighted by Gasteiger charge is -2.15. The van der Waals surface area contributed by atoms with Crippen molar-refractivity contribution in [1.82, 2.24) is 10.3 Å². The van der Waals surface area contributed by atoms with Crippen LogP contribution in [-0.4, -0.2) is 44.9 Å². The van der Waals surface area contributed by atoms with E-state index in [1.165, 1.54) is 0 Å². The fourth-order valence-electron chi connectivity index (χ4n) is 4.13. The number of carbonyl (C=O) groups is 1. The molecule has 8 nitrogen and oxygen atoms in total. The summed E-state index contributed by atoms with van der Waals surface area (Å²) in [5.41, 5.74) is 3.00. The smallest absolute Gasteiger partial charge is 0.252 e. The van der Waals surface area contributed by atoms with Gasteiger partial charge in [-0.3, -0.25) is 4.79 Å². The first-order chi connectivity index (χ1) is 18.6. The number of amides is 1. The lowest BCUT2D eigenvalue weighted by Crippen LogP contribution is -2.26. The maximum atomic E-state index is 13.3. The van der Waals surface area contributed by atoms with Gasteiger partial charge in [-0.2, -0.15) is 0 Å². The Morgan fingerprint density at radius 1 is 0.842 bits per heavy atom. The number of benzene rings is 3. The van der Waals surface area contributed by atoms with Crippen LogP contribution in [0.2, 0.25) is 0 Å². The molecular formula is C30H33N3O5. The molecule has 4 rings (SSSR count). The molecule has 2 N–H and O–H groups in total. The average Bonchev–Trinajstić information content (AvgIpc) is 2.94. The van der Waals surface area contributed by atoms with Gasteiger partial charge in [-0.25, -0.2) is 4.98 Å². The molecule has 0 spiro atoms. The minimum Gasteiger partial charge on any atom is -0.497 e. The van der Waals surface area contributed by atoms with Crippen molar-refractivity contribution in [2.24, 2.45) is 0 Å². The molecule has 0 atom stereocenters. The van der Waals surface area contributed by atoms with E-state index < -0.39 is 0 Å². The molecule has 0 aliphatic heterocycles. The zero-order valence-electron chi connectivity index (χ0n) is 22.2. The highest BCUT2D eigenvalue weighted by molar-refractivity contribution is 6.07. The monoisotopic (exact) mass is 515 g/mol. The van der Waals surface area contributed by atoms with Crippen molar-refractivity contribution in [3.8, 4) is 23.0 Å². The number of para-hydroxylation sites is 1. The van der Waals surface area contributed by atoms with Crippen LogP contribution < -0.4 is 29.6 Å². The maximum Gasteiger partial charge on any atom is 0.252 e. The highest BCUT2D eigenvalue weighted by Gasteiger charge is 2.15.